The Labute approximate surface area is 150 Å². The largest absolute Gasteiger partial charge is 0.381 e. The number of anilines is 2. The Balaban J connectivity index is 1.60. The van der Waals surface area contributed by atoms with Gasteiger partial charge < -0.3 is 10.6 Å². The van der Waals surface area contributed by atoms with Gasteiger partial charge in [0.2, 0.25) is 0 Å². The van der Waals surface area contributed by atoms with Gasteiger partial charge in [0.1, 0.15) is 5.82 Å². The summed E-state index contributed by atoms with van der Waals surface area (Å²) in [6, 6.07) is 20.6. The number of hydrogen-bond acceptors (Lipinski definition) is 2. The van der Waals surface area contributed by atoms with Gasteiger partial charge >= 0.3 is 0 Å². The zero-order chi connectivity index (χ0) is 17.6. The summed E-state index contributed by atoms with van der Waals surface area (Å²) < 4.78 is 13.6. The summed E-state index contributed by atoms with van der Waals surface area (Å²) in [7, 11) is 0. The number of carbonyl (C=O) groups excluding carboxylic acids is 1. The van der Waals surface area contributed by atoms with Crippen LogP contribution >= 0.6 is 11.6 Å². The van der Waals surface area contributed by atoms with Gasteiger partial charge in [-0.1, -0.05) is 35.9 Å². The number of rotatable bonds is 5. The lowest BCUT2D eigenvalue weighted by molar-refractivity contribution is 0.102. The summed E-state index contributed by atoms with van der Waals surface area (Å²) >= 11 is 5.89. The fourth-order valence-corrected chi connectivity index (χ4v) is 2.53. The van der Waals surface area contributed by atoms with Crippen LogP contribution in [0.2, 0.25) is 5.02 Å². The predicted molar refractivity (Wildman–Crippen MR) is 99.6 cm³/mol. The molecule has 0 fully saturated rings. The highest BCUT2D eigenvalue weighted by molar-refractivity contribution is 6.31. The monoisotopic (exact) mass is 354 g/mol. The van der Waals surface area contributed by atoms with E-state index in [1.54, 1.807) is 54.6 Å². The van der Waals surface area contributed by atoms with Crippen LogP contribution in [0.4, 0.5) is 15.8 Å². The van der Waals surface area contributed by atoms with Crippen molar-refractivity contribution in [2.75, 3.05) is 10.6 Å². The minimum Gasteiger partial charge on any atom is -0.381 e. The molecule has 1 amide bonds. The van der Waals surface area contributed by atoms with E-state index in [4.69, 9.17) is 11.6 Å². The van der Waals surface area contributed by atoms with E-state index in [9.17, 15) is 9.18 Å². The van der Waals surface area contributed by atoms with Gasteiger partial charge in [-0.3, -0.25) is 4.79 Å². The van der Waals surface area contributed by atoms with Crippen molar-refractivity contribution in [1.82, 2.24) is 0 Å². The summed E-state index contributed by atoms with van der Waals surface area (Å²) in [5.41, 5.74) is 2.60. The third-order valence-corrected chi connectivity index (χ3v) is 3.91. The van der Waals surface area contributed by atoms with Crippen molar-refractivity contribution in [2.45, 2.75) is 6.54 Å². The van der Waals surface area contributed by atoms with Crippen molar-refractivity contribution in [3.05, 3.63) is 94.8 Å². The van der Waals surface area contributed by atoms with Crippen molar-refractivity contribution in [2.24, 2.45) is 0 Å². The lowest BCUT2D eigenvalue weighted by Gasteiger charge is -2.09. The molecule has 0 atom stereocenters. The molecular formula is C20H16ClFN2O. The average Bonchev–Trinajstić information content (AvgIpc) is 2.62. The van der Waals surface area contributed by atoms with Gasteiger partial charge in [0.05, 0.1) is 0 Å². The molecule has 25 heavy (non-hydrogen) atoms. The van der Waals surface area contributed by atoms with Crippen LogP contribution in [0, 0.1) is 5.82 Å². The molecule has 0 bridgehead atoms. The molecule has 3 rings (SSSR count). The maximum Gasteiger partial charge on any atom is 0.255 e. The lowest BCUT2D eigenvalue weighted by atomic mass is 10.2. The first-order valence-corrected chi connectivity index (χ1v) is 8.14. The smallest absolute Gasteiger partial charge is 0.255 e. The normalized spacial score (nSPS) is 10.3. The summed E-state index contributed by atoms with van der Waals surface area (Å²) in [4.78, 5) is 12.2. The van der Waals surface area contributed by atoms with Gasteiger partial charge in [0.15, 0.2) is 0 Å². The Morgan fingerprint density at radius 1 is 0.920 bits per heavy atom. The minimum absolute atomic E-state index is 0.227. The molecule has 0 unspecified atom stereocenters. The van der Waals surface area contributed by atoms with E-state index in [0.717, 1.165) is 5.69 Å². The third-order valence-electron chi connectivity index (χ3n) is 3.67. The van der Waals surface area contributed by atoms with Gasteiger partial charge in [0.25, 0.3) is 5.91 Å². The van der Waals surface area contributed by atoms with Crippen LogP contribution in [-0.2, 0) is 6.54 Å². The first-order valence-electron chi connectivity index (χ1n) is 7.76. The highest BCUT2D eigenvalue weighted by Crippen LogP contribution is 2.17. The second kappa shape index (κ2) is 7.81. The standard InChI is InChI=1S/C20H16ClFN2O/c21-16-6-3-5-14(12-16)20(25)24-18-10-8-17(9-11-18)23-13-15-4-1-2-7-19(15)22/h1-12,23H,13H2,(H,24,25). The molecule has 0 aliphatic carbocycles. The van der Waals surface area contributed by atoms with Crippen molar-refractivity contribution in [3.8, 4) is 0 Å². The van der Waals surface area contributed by atoms with Crippen LogP contribution in [0.1, 0.15) is 15.9 Å². The van der Waals surface area contributed by atoms with Gasteiger partial charge in [0, 0.05) is 34.1 Å². The van der Waals surface area contributed by atoms with E-state index in [0.29, 0.717) is 28.4 Å². The number of halogens is 2. The number of nitrogens with one attached hydrogen (secondary N) is 2. The number of benzene rings is 3. The van der Waals surface area contributed by atoms with E-state index in [-0.39, 0.29) is 11.7 Å². The Kier molecular flexibility index (Phi) is 5.31. The van der Waals surface area contributed by atoms with E-state index in [1.165, 1.54) is 6.07 Å². The van der Waals surface area contributed by atoms with Crippen molar-refractivity contribution < 1.29 is 9.18 Å². The first kappa shape index (κ1) is 17.0. The number of carbonyl (C=O) groups is 1. The van der Waals surface area contributed by atoms with Gasteiger partial charge in [-0.25, -0.2) is 4.39 Å². The second-order valence-corrected chi connectivity index (χ2v) is 5.92. The quantitative estimate of drug-likeness (QED) is 0.649. The summed E-state index contributed by atoms with van der Waals surface area (Å²) in [6.45, 7) is 0.390. The summed E-state index contributed by atoms with van der Waals surface area (Å²) in [5.74, 6) is -0.463. The number of amides is 1. The Morgan fingerprint density at radius 2 is 1.64 bits per heavy atom. The first-order chi connectivity index (χ1) is 12.1. The fourth-order valence-electron chi connectivity index (χ4n) is 2.34. The van der Waals surface area contributed by atoms with Crippen LogP contribution in [-0.4, -0.2) is 5.91 Å². The van der Waals surface area contributed by atoms with Crippen LogP contribution in [0.5, 0.6) is 0 Å². The molecule has 3 nitrogen and oxygen atoms in total. The molecule has 3 aromatic carbocycles. The fraction of sp³-hybridized carbons (Fsp3) is 0.0500. The zero-order valence-corrected chi connectivity index (χ0v) is 14.1. The SMILES string of the molecule is O=C(Nc1ccc(NCc2ccccc2F)cc1)c1cccc(Cl)c1. The molecular weight excluding hydrogens is 339 g/mol. The predicted octanol–water partition coefficient (Wildman–Crippen LogP) is 5.34. The third kappa shape index (κ3) is 4.58. The van der Waals surface area contributed by atoms with E-state index < -0.39 is 0 Å². The maximum atomic E-state index is 13.6. The molecule has 0 heterocycles. The molecule has 0 saturated carbocycles. The van der Waals surface area contributed by atoms with Gasteiger partial charge in [-0.05, 0) is 48.5 Å². The topological polar surface area (TPSA) is 41.1 Å². The molecule has 0 aliphatic rings. The Bertz CT molecular complexity index is 881. The molecule has 0 aliphatic heterocycles. The van der Waals surface area contributed by atoms with Crippen molar-refractivity contribution >= 4 is 28.9 Å². The second-order valence-electron chi connectivity index (χ2n) is 5.49. The summed E-state index contributed by atoms with van der Waals surface area (Å²) in [5, 5.41) is 6.48. The molecule has 3 aromatic rings. The molecule has 2 N–H and O–H groups in total. The number of hydrogen-bond donors (Lipinski definition) is 2. The van der Waals surface area contributed by atoms with Crippen molar-refractivity contribution in [1.29, 1.82) is 0 Å². The zero-order valence-electron chi connectivity index (χ0n) is 13.3. The van der Waals surface area contributed by atoms with Crippen LogP contribution in [0.3, 0.4) is 0 Å². The van der Waals surface area contributed by atoms with Crippen LogP contribution in [0.15, 0.2) is 72.8 Å². The molecule has 0 radical (unpaired) electrons. The van der Waals surface area contributed by atoms with E-state index in [2.05, 4.69) is 10.6 Å². The van der Waals surface area contributed by atoms with Crippen LogP contribution < -0.4 is 10.6 Å². The average molecular weight is 355 g/mol. The molecule has 0 spiro atoms. The minimum atomic E-state index is -0.236. The van der Waals surface area contributed by atoms with E-state index in [1.807, 2.05) is 12.1 Å². The molecule has 0 aromatic heterocycles. The highest BCUT2D eigenvalue weighted by atomic mass is 35.5. The van der Waals surface area contributed by atoms with Crippen molar-refractivity contribution in [3.63, 3.8) is 0 Å². The Morgan fingerprint density at radius 3 is 2.36 bits per heavy atom. The molecule has 126 valence electrons. The van der Waals surface area contributed by atoms with Gasteiger partial charge in [-0.15, -0.1) is 0 Å². The highest BCUT2D eigenvalue weighted by Gasteiger charge is 2.06. The summed E-state index contributed by atoms with van der Waals surface area (Å²) in [6.07, 6.45) is 0. The maximum absolute atomic E-state index is 13.6. The van der Waals surface area contributed by atoms with Gasteiger partial charge in [-0.2, -0.15) is 0 Å². The lowest BCUT2D eigenvalue weighted by Crippen LogP contribution is -2.11. The molecule has 0 saturated heterocycles. The Hall–Kier alpha value is -2.85. The molecule has 5 heteroatoms. The van der Waals surface area contributed by atoms with Crippen LogP contribution in [0.25, 0.3) is 0 Å². The van der Waals surface area contributed by atoms with E-state index >= 15 is 0 Å².